The number of carboxylic acid groups (broad SMARTS) is 1. The van der Waals surface area contributed by atoms with E-state index in [4.69, 9.17) is 5.11 Å². The van der Waals surface area contributed by atoms with Crippen LogP contribution in [0.25, 0.3) is 11.7 Å². The molecule has 0 amide bonds. The lowest BCUT2D eigenvalue weighted by atomic mass is 10.3. The largest absolute Gasteiger partial charge is 0.478 e. The normalized spacial score (nSPS) is 16.1. The highest BCUT2D eigenvalue weighted by Gasteiger charge is 2.18. The molecule has 1 fully saturated rings. The van der Waals surface area contributed by atoms with E-state index in [1.165, 1.54) is 6.08 Å². The van der Waals surface area contributed by atoms with Gasteiger partial charge in [-0.1, -0.05) is 6.07 Å². The molecule has 104 valence electrons. The summed E-state index contributed by atoms with van der Waals surface area (Å²) in [6, 6.07) is 5.78. The summed E-state index contributed by atoms with van der Waals surface area (Å²) in [5.41, 5.74) is 1.67. The number of fused-ring (bicyclic) bond motifs is 1. The number of hydrogen-bond donors (Lipinski definition) is 1. The van der Waals surface area contributed by atoms with E-state index in [-0.39, 0.29) is 0 Å². The second kappa shape index (κ2) is 5.58. The van der Waals surface area contributed by atoms with Crippen molar-refractivity contribution < 1.29 is 9.90 Å². The molecule has 0 radical (unpaired) electrons. The molecule has 20 heavy (non-hydrogen) atoms. The van der Waals surface area contributed by atoms with Gasteiger partial charge in [-0.25, -0.2) is 9.78 Å². The molecule has 0 bridgehead atoms. The molecule has 1 aliphatic heterocycles. The van der Waals surface area contributed by atoms with Crippen molar-refractivity contribution in [2.45, 2.75) is 0 Å². The number of rotatable bonds is 3. The van der Waals surface area contributed by atoms with E-state index in [2.05, 4.69) is 9.88 Å². The summed E-state index contributed by atoms with van der Waals surface area (Å²) >= 11 is 1.94. The quantitative estimate of drug-likeness (QED) is 0.876. The number of thioether (sulfide) groups is 1. The van der Waals surface area contributed by atoms with Gasteiger partial charge in [0, 0.05) is 36.9 Å². The Labute approximate surface area is 120 Å². The van der Waals surface area contributed by atoms with Crippen molar-refractivity contribution in [2.24, 2.45) is 0 Å². The zero-order chi connectivity index (χ0) is 13.9. The van der Waals surface area contributed by atoms with Crippen molar-refractivity contribution in [3.63, 3.8) is 0 Å². The van der Waals surface area contributed by atoms with E-state index in [1.807, 2.05) is 40.6 Å². The summed E-state index contributed by atoms with van der Waals surface area (Å²) in [4.78, 5) is 17.7. The highest BCUT2D eigenvalue weighted by molar-refractivity contribution is 7.99. The molecule has 1 aliphatic rings. The van der Waals surface area contributed by atoms with E-state index >= 15 is 0 Å². The van der Waals surface area contributed by atoms with Crippen molar-refractivity contribution in [2.75, 3.05) is 29.5 Å². The van der Waals surface area contributed by atoms with Crippen molar-refractivity contribution >= 4 is 35.3 Å². The lowest BCUT2D eigenvalue weighted by Gasteiger charge is -2.26. The third-order valence-electron chi connectivity index (χ3n) is 3.24. The molecule has 2 aromatic rings. The van der Waals surface area contributed by atoms with Crippen LogP contribution in [0.15, 0.2) is 30.5 Å². The molecular formula is C14H15N3O2S. The molecule has 0 aliphatic carbocycles. The van der Waals surface area contributed by atoms with Crippen LogP contribution in [-0.4, -0.2) is 45.1 Å². The molecule has 1 saturated heterocycles. The Morgan fingerprint density at radius 3 is 2.90 bits per heavy atom. The summed E-state index contributed by atoms with van der Waals surface area (Å²) < 4.78 is 1.93. The number of anilines is 1. The summed E-state index contributed by atoms with van der Waals surface area (Å²) in [6.07, 6.45) is 4.70. The van der Waals surface area contributed by atoms with Crippen molar-refractivity contribution in [1.82, 2.24) is 9.38 Å². The minimum Gasteiger partial charge on any atom is -0.478 e. The van der Waals surface area contributed by atoms with Crippen molar-refractivity contribution in [3.05, 3.63) is 36.2 Å². The van der Waals surface area contributed by atoms with E-state index < -0.39 is 5.97 Å². The molecule has 2 aromatic heterocycles. The van der Waals surface area contributed by atoms with E-state index in [1.54, 1.807) is 6.08 Å². The van der Waals surface area contributed by atoms with Gasteiger partial charge in [-0.05, 0) is 18.2 Å². The lowest BCUT2D eigenvalue weighted by Crippen LogP contribution is -2.33. The first kappa shape index (κ1) is 13.1. The van der Waals surface area contributed by atoms with Gasteiger partial charge < -0.3 is 10.0 Å². The monoisotopic (exact) mass is 289 g/mol. The maximum absolute atomic E-state index is 10.8. The molecule has 0 atom stereocenters. The number of carbonyl (C=O) groups is 1. The average Bonchev–Trinajstić information content (AvgIpc) is 2.84. The number of hydrogen-bond acceptors (Lipinski definition) is 4. The smallest absolute Gasteiger partial charge is 0.328 e. The molecule has 6 heteroatoms. The van der Waals surface area contributed by atoms with Crippen LogP contribution in [0.1, 0.15) is 5.69 Å². The maximum Gasteiger partial charge on any atom is 0.328 e. The molecule has 5 nitrogen and oxygen atoms in total. The highest BCUT2D eigenvalue weighted by atomic mass is 32.2. The highest BCUT2D eigenvalue weighted by Crippen LogP contribution is 2.25. The second-order valence-corrected chi connectivity index (χ2v) is 5.75. The molecule has 1 N–H and O–H groups in total. The Morgan fingerprint density at radius 2 is 2.15 bits per heavy atom. The summed E-state index contributed by atoms with van der Waals surface area (Å²) in [7, 11) is 0. The summed E-state index contributed by atoms with van der Waals surface area (Å²) in [6.45, 7) is 1.89. The molecule has 3 rings (SSSR count). The average molecular weight is 289 g/mol. The van der Waals surface area contributed by atoms with Gasteiger partial charge in [0.15, 0.2) is 5.82 Å². The van der Waals surface area contributed by atoms with Gasteiger partial charge >= 0.3 is 5.97 Å². The van der Waals surface area contributed by atoms with Crippen LogP contribution in [-0.2, 0) is 4.79 Å². The number of pyridine rings is 1. The van der Waals surface area contributed by atoms with Gasteiger partial charge in [0.05, 0.1) is 5.69 Å². The van der Waals surface area contributed by atoms with Gasteiger partial charge in [0.2, 0.25) is 0 Å². The predicted molar refractivity (Wildman–Crippen MR) is 81.4 cm³/mol. The van der Waals surface area contributed by atoms with Gasteiger partial charge in [-0.3, -0.25) is 4.40 Å². The fraction of sp³-hybridized carbons (Fsp3) is 0.286. The fourth-order valence-electron chi connectivity index (χ4n) is 2.32. The number of aliphatic carboxylic acids is 1. The zero-order valence-corrected chi connectivity index (χ0v) is 11.7. The first-order valence-corrected chi connectivity index (χ1v) is 7.62. The Balaban J connectivity index is 2.09. The van der Waals surface area contributed by atoms with Crippen molar-refractivity contribution in [1.29, 1.82) is 0 Å². The summed E-state index contributed by atoms with van der Waals surface area (Å²) in [5.74, 6) is 2.08. The van der Waals surface area contributed by atoms with Gasteiger partial charge in [-0.15, -0.1) is 0 Å². The van der Waals surface area contributed by atoms with Crippen LogP contribution < -0.4 is 4.90 Å². The molecule has 0 saturated carbocycles. The Morgan fingerprint density at radius 1 is 1.35 bits per heavy atom. The molecule has 0 unspecified atom stereocenters. The van der Waals surface area contributed by atoms with Crippen LogP contribution in [0.3, 0.4) is 0 Å². The predicted octanol–water partition coefficient (Wildman–Crippen LogP) is 1.99. The van der Waals surface area contributed by atoms with Crippen molar-refractivity contribution in [3.8, 4) is 0 Å². The standard InChI is InChI=1S/C14H15N3O2S/c18-13(19)5-4-11-14(16-7-9-20-10-8-16)15-12-3-1-2-6-17(11)12/h1-6H,7-10H2,(H,18,19)/b5-4+. The number of imidazole rings is 1. The number of aromatic nitrogens is 2. The first-order valence-electron chi connectivity index (χ1n) is 6.46. The van der Waals surface area contributed by atoms with Gasteiger partial charge in [0.1, 0.15) is 5.65 Å². The molecule has 0 spiro atoms. The second-order valence-electron chi connectivity index (χ2n) is 4.52. The van der Waals surface area contributed by atoms with Crippen LogP contribution in [0.5, 0.6) is 0 Å². The Hall–Kier alpha value is -1.95. The SMILES string of the molecule is O=C(O)/C=C/c1c(N2CCSCC2)nc2ccccn12. The molecule has 0 aromatic carbocycles. The van der Waals surface area contributed by atoms with Gasteiger partial charge in [-0.2, -0.15) is 11.8 Å². The number of carboxylic acids is 1. The number of nitrogens with zero attached hydrogens (tertiary/aromatic N) is 3. The topological polar surface area (TPSA) is 57.8 Å². The Bertz CT molecular complexity index is 659. The first-order chi connectivity index (χ1) is 9.75. The van der Waals surface area contributed by atoms with Gasteiger partial charge in [0.25, 0.3) is 0 Å². The molecule has 3 heterocycles. The fourth-order valence-corrected chi connectivity index (χ4v) is 3.22. The minimum atomic E-state index is -0.948. The third-order valence-corrected chi connectivity index (χ3v) is 4.18. The van der Waals surface area contributed by atoms with E-state index in [9.17, 15) is 4.79 Å². The molecular weight excluding hydrogens is 274 g/mol. The van der Waals surface area contributed by atoms with E-state index in [0.29, 0.717) is 0 Å². The maximum atomic E-state index is 10.8. The summed E-state index contributed by atoms with van der Waals surface area (Å²) in [5, 5.41) is 8.85. The minimum absolute atomic E-state index is 0.829. The third kappa shape index (κ3) is 2.51. The van der Waals surface area contributed by atoms with Crippen LogP contribution in [0.2, 0.25) is 0 Å². The van der Waals surface area contributed by atoms with E-state index in [0.717, 1.165) is 41.8 Å². The Kier molecular flexibility index (Phi) is 3.64. The lowest BCUT2D eigenvalue weighted by molar-refractivity contribution is -0.131. The van der Waals surface area contributed by atoms with Crippen LogP contribution in [0, 0.1) is 0 Å². The zero-order valence-electron chi connectivity index (χ0n) is 10.9. The van der Waals surface area contributed by atoms with Crippen LogP contribution >= 0.6 is 11.8 Å². The van der Waals surface area contributed by atoms with Crippen LogP contribution in [0.4, 0.5) is 5.82 Å².